The van der Waals surface area contributed by atoms with Crippen LogP contribution in [0.25, 0.3) is 16.9 Å². The van der Waals surface area contributed by atoms with Crippen LogP contribution in [0.1, 0.15) is 10.4 Å². The first-order valence-corrected chi connectivity index (χ1v) is 9.39. The molecular formula is C23H19FN4O3. The molecule has 7 nitrogen and oxygen atoms in total. The van der Waals surface area contributed by atoms with Crippen molar-refractivity contribution in [2.75, 3.05) is 19.5 Å². The van der Waals surface area contributed by atoms with Crippen molar-refractivity contribution in [3.8, 4) is 28.4 Å². The molecule has 1 N–H and O–H groups in total. The standard InChI is InChI=1S/C23H19FN4O3/c1-30-20-11-18(24)19(12-21(20)31-2)26-23(29)17-14-28(16-8-4-3-5-9-16)27-22(17)15-7-6-10-25-13-15/h3-14H,1-2H3,(H,26,29). The summed E-state index contributed by atoms with van der Waals surface area (Å²) in [6, 6.07) is 15.5. The smallest absolute Gasteiger partial charge is 0.259 e. The Kier molecular flexibility index (Phi) is 5.61. The minimum Gasteiger partial charge on any atom is -0.493 e. The highest BCUT2D eigenvalue weighted by Crippen LogP contribution is 2.33. The summed E-state index contributed by atoms with van der Waals surface area (Å²) in [6.07, 6.45) is 4.85. The van der Waals surface area contributed by atoms with Gasteiger partial charge < -0.3 is 14.8 Å². The monoisotopic (exact) mass is 418 g/mol. The molecule has 0 atom stereocenters. The number of ether oxygens (including phenoxy) is 2. The third kappa shape index (κ3) is 4.09. The SMILES string of the molecule is COc1cc(F)c(NC(=O)c2cn(-c3ccccc3)nc2-c2cccnc2)cc1OC. The number of hydrogen-bond donors (Lipinski definition) is 1. The Morgan fingerprint density at radius 3 is 2.45 bits per heavy atom. The highest BCUT2D eigenvalue weighted by atomic mass is 19.1. The first-order chi connectivity index (χ1) is 15.1. The van der Waals surface area contributed by atoms with Gasteiger partial charge in [-0.05, 0) is 24.3 Å². The van der Waals surface area contributed by atoms with Gasteiger partial charge in [-0.15, -0.1) is 0 Å². The molecule has 4 aromatic rings. The minimum atomic E-state index is -0.649. The normalized spacial score (nSPS) is 10.5. The number of para-hydroxylation sites is 1. The van der Waals surface area contributed by atoms with Crippen LogP contribution in [-0.2, 0) is 0 Å². The zero-order valence-electron chi connectivity index (χ0n) is 16.9. The van der Waals surface area contributed by atoms with Gasteiger partial charge in [0.25, 0.3) is 5.91 Å². The third-order valence-corrected chi connectivity index (χ3v) is 4.64. The Morgan fingerprint density at radius 2 is 1.77 bits per heavy atom. The second-order valence-electron chi connectivity index (χ2n) is 6.55. The minimum absolute atomic E-state index is 0.0350. The van der Waals surface area contributed by atoms with E-state index in [1.807, 2.05) is 30.3 Å². The Hall–Kier alpha value is -4.20. The van der Waals surface area contributed by atoms with Crippen molar-refractivity contribution in [3.05, 3.63) is 84.6 Å². The molecule has 0 aliphatic carbocycles. The third-order valence-electron chi connectivity index (χ3n) is 4.64. The zero-order chi connectivity index (χ0) is 21.8. The van der Waals surface area contributed by atoms with Crippen LogP contribution in [0.5, 0.6) is 11.5 Å². The summed E-state index contributed by atoms with van der Waals surface area (Å²) in [4.78, 5) is 17.2. The Balaban J connectivity index is 1.75. The largest absolute Gasteiger partial charge is 0.493 e. The number of rotatable bonds is 6. The van der Waals surface area contributed by atoms with Crippen LogP contribution in [0.4, 0.5) is 10.1 Å². The molecule has 0 spiro atoms. The second kappa shape index (κ2) is 8.66. The quantitative estimate of drug-likeness (QED) is 0.504. The summed E-state index contributed by atoms with van der Waals surface area (Å²) in [5.41, 5.74) is 2.10. The van der Waals surface area contributed by atoms with E-state index in [2.05, 4.69) is 15.4 Å². The predicted octanol–water partition coefficient (Wildman–Crippen LogP) is 4.34. The van der Waals surface area contributed by atoms with Gasteiger partial charge in [0.05, 0.1) is 31.2 Å². The van der Waals surface area contributed by atoms with Crippen molar-refractivity contribution in [2.45, 2.75) is 0 Å². The molecule has 2 aromatic heterocycles. The van der Waals surface area contributed by atoms with Gasteiger partial charge in [0.15, 0.2) is 17.3 Å². The molecule has 1 amide bonds. The number of nitrogens with zero attached hydrogens (tertiary/aromatic N) is 3. The van der Waals surface area contributed by atoms with E-state index in [1.165, 1.54) is 20.3 Å². The average molecular weight is 418 g/mol. The highest BCUT2D eigenvalue weighted by Gasteiger charge is 2.21. The molecule has 31 heavy (non-hydrogen) atoms. The summed E-state index contributed by atoms with van der Waals surface area (Å²) >= 11 is 0. The van der Waals surface area contributed by atoms with Gasteiger partial charge >= 0.3 is 0 Å². The Morgan fingerprint density at radius 1 is 1.03 bits per heavy atom. The lowest BCUT2D eigenvalue weighted by molar-refractivity contribution is 0.102. The van der Waals surface area contributed by atoms with Gasteiger partial charge in [0.2, 0.25) is 0 Å². The fraction of sp³-hybridized carbons (Fsp3) is 0.0870. The van der Waals surface area contributed by atoms with Gasteiger partial charge in [-0.25, -0.2) is 9.07 Å². The summed E-state index contributed by atoms with van der Waals surface area (Å²) < 4.78 is 26.4. The van der Waals surface area contributed by atoms with E-state index in [4.69, 9.17) is 9.47 Å². The van der Waals surface area contributed by atoms with Crippen LogP contribution in [-0.4, -0.2) is 34.9 Å². The second-order valence-corrected chi connectivity index (χ2v) is 6.55. The number of aromatic nitrogens is 3. The maximum atomic E-state index is 14.5. The van der Waals surface area contributed by atoms with E-state index in [0.717, 1.165) is 11.8 Å². The Bertz CT molecular complexity index is 1210. The number of halogens is 1. The van der Waals surface area contributed by atoms with Crippen LogP contribution >= 0.6 is 0 Å². The van der Waals surface area contributed by atoms with Gasteiger partial charge in [0, 0.05) is 36.3 Å². The molecule has 0 saturated heterocycles. The molecule has 0 fully saturated rings. The first kappa shape index (κ1) is 20.1. The summed E-state index contributed by atoms with van der Waals surface area (Å²) in [5, 5.41) is 7.18. The van der Waals surface area contributed by atoms with E-state index < -0.39 is 11.7 Å². The van der Waals surface area contributed by atoms with E-state index in [1.54, 1.807) is 35.4 Å². The predicted molar refractivity (Wildman–Crippen MR) is 114 cm³/mol. The van der Waals surface area contributed by atoms with Gasteiger partial charge in [-0.3, -0.25) is 9.78 Å². The molecule has 2 heterocycles. The lowest BCUT2D eigenvalue weighted by Gasteiger charge is -2.12. The molecule has 0 aliphatic rings. The number of carbonyl (C=O) groups is 1. The number of benzene rings is 2. The van der Waals surface area contributed by atoms with Crippen molar-refractivity contribution >= 4 is 11.6 Å². The lowest BCUT2D eigenvalue weighted by Crippen LogP contribution is -2.13. The molecule has 0 saturated carbocycles. The van der Waals surface area contributed by atoms with E-state index >= 15 is 0 Å². The molecule has 2 aromatic carbocycles. The molecule has 0 aliphatic heterocycles. The van der Waals surface area contributed by atoms with E-state index in [0.29, 0.717) is 17.0 Å². The highest BCUT2D eigenvalue weighted by molar-refractivity contribution is 6.08. The van der Waals surface area contributed by atoms with Crippen molar-refractivity contribution < 1.29 is 18.7 Å². The molecule has 8 heteroatoms. The molecule has 0 bridgehead atoms. The maximum absolute atomic E-state index is 14.5. The van der Waals surface area contributed by atoms with Crippen LogP contribution in [0.3, 0.4) is 0 Å². The first-order valence-electron chi connectivity index (χ1n) is 9.39. The number of amides is 1. The summed E-state index contributed by atoms with van der Waals surface area (Å²) in [5.74, 6) is -0.644. The number of anilines is 1. The lowest BCUT2D eigenvalue weighted by atomic mass is 10.1. The Labute approximate surface area is 178 Å². The van der Waals surface area contributed by atoms with Crippen molar-refractivity contribution in [1.82, 2.24) is 14.8 Å². The fourth-order valence-electron chi connectivity index (χ4n) is 3.11. The van der Waals surface area contributed by atoms with Crippen LogP contribution in [0.15, 0.2) is 73.2 Å². The number of hydrogen-bond acceptors (Lipinski definition) is 5. The fourth-order valence-corrected chi connectivity index (χ4v) is 3.11. The topological polar surface area (TPSA) is 78.3 Å². The van der Waals surface area contributed by atoms with Crippen LogP contribution in [0.2, 0.25) is 0 Å². The molecule has 0 radical (unpaired) electrons. The number of pyridine rings is 1. The van der Waals surface area contributed by atoms with E-state index in [-0.39, 0.29) is 17.0 Å². The molecule has 0 unspecified atom stereocenters. The van der Waals surface area contributed by atoms with Crippen molar-refractivity contribution in [1.29, 1.82) is 0 Å². The molecular weight excluding hydrogens is 399 g/mol. The molecule has 156 valence electrons. The van der Waals surface area contributed by atoms with Gasteiger partial charge in [-0.2, -0.15) is 5.10 Å². The van der Waals surface area contributed by atoms with Crippen LogP contribution in [0, 0.1) is 5.82 Å². The van der Waals surface area contributed by atoms with Crippen LogP contribution < -0.4 is 14.8 Å². The number of nitrogens with one attached hydrogen (secondary N) is 1. The number of carbonyl (C=O) groups excluding carboxylic acids is 1. The van der Waals surface area contributed by atoms with Crippen molar-refractivity contribution in [2.24, 2.45) is 0 Å². The van der Waals surface area contributed by atoms with Gasteiger partial charge in [0.1, 0.15) is 5.69 Å². The van der Waals surface area contributed by atoms with Gasteiger partial charge in [-0.1, -0.05) is 18.2 Å². The molecule has 4 rings (SSSR count). The summed E-state index contributed by atoms with van der Waals surface area (Å²) in [6.45, 7) is 0. The van der Waals surface area contributed by atoms with Crippen molar-refractivity contribution in [3.63, 3.8) is 0 Å². The number of methoxy groups -OCH3 is 2. The zero-order valence-corrected chi connectivity index (χ0v) is 16.9. The van der Waals surface area contributed by atoms with E-state index in [9.17, 15) is 9.18 Å². The maximum Gasteiger partial charge on any atom is 0.259 e. The average Bonchev–Trinajstić information content (AvgIpc) is 3.27. The summed E-state index contributed by atoms with van der Waals surface area (Å²) in [7, 11) is 2.85.